The molecule has 1 N–H and O–H groups in total. The first kappa shape index (κ1) is 13.9. The van der Waals surface area contributed by atoms with E-state index in [1.54, 1.807) is 0 Å². The molecule has 2 saturated heterocycles. The van der Waals surface area contributed by atoms with Gasteiger partial charge in [0.1, 0.15) is 0 Å². The summed E-state index contributed by atoms with van der Waals surface area (Å²) in [6.07, 6.45) is 8.14. The fourth-order valence-electron chi connectivity index (χ4n) is 3.35. The van der Waals surface area contributed by atoms with Crippen molar-refractivity contribution >= 4 is 5.91 Å². The van der Waals surface area contributed by atoms with Crippen molar-refractivity contribution in [3.05, 3.63) is 0 Å². The van der Waals surface area contributed by atoms with Gasteiger partial charge in [0.05, 0.1) is 0 Å². The molecular formula is C15H28N2O. The number of fused-ring (bicyclic) bond motifs is 2. The van der Waals surface area contributed by atoms with Gasteiger partial charge in [-0.1, -0.05) is 26.7 Å². The third-order valence-corrected chi connectivity index (χ3v) is 4.58. The van der Waals surface area contributed by atoms with Crippen LogP contribution in [0, 0.1) is 5.92 Å². The average Bonchev–Trinajstić information content (AvgIpc) is 2.69. The van der Waals surface area contributed by atoms with Gasteiger partial charge >= 0.3 is 0 Å². The van der Waals surface area contributed by atoms with Gasteiger partial charge in [-0.15, -0.1) is 0 Å². The summed E-state index contributed by atoms with van der Waals surface area (Å²) in [5, 5.41) is 3.64. The van der Waals surface area contributed by atoms with E-state index >= 15 is 0 Å². The van der Waals surface area contributed by atoms with Crippen LogP contribution in [0.3, 0.4) is 0 Å². The highest BCUT2D eigenvalue weighted by atomic mass is 16.2. The average molecular weight is 252 g/mol. The minimum absolute atomic E-state index is 0.265. The first-order valence-electron chi connectivity index (χ1n) is 7.79. The molecule has 0 radical (unpaired) electrons. The molecule has 3 unspecified atom stereocenters. The lowest BCUT2D eigenvalue weighted by atomic mass is 9.97. The standard InChI is InChI=1S/C15H28N2O/c1-3-5-6-12(4-2)15(18)17-10-9-13-7-8-14(11-17)16-13/h12-14,16H,3-11H2,1-2H3. The van der Waals surface area contributed by atoms with Crippen molar-refractivity contribution in [1.29, 1.82) is 0 Å². The number of hydrogen-bond acceptors (Lipinski definition) is 2. The molecule has 3 atom stereocenters. The van der Waals surface area contributed by atoms with Crippen LogP contribution in [0.2, 0.25) is 0 Å². The van der Waals surface area contributed by atoms with Crippen molar-refractivity contribution < 1.29 is 4.79 Å². The van der Waals surface area contributed by atoms with E-state index < -0.39 is 0 Å². The molecule has 0 aromatic carbocycles. The molecule has 2 aliphatic heterocycles. The first-order chi connectivity index (χ1) is 8.74. The number of unbranched alkanes of at least 4 members (excludes halogenated alkanes) is 1. The Hall–Kier alpha value is -0.570. The Morgan fingerprint density at radius 3 is 2.78 bits per heavy atom. The highest BCUT2D eigenvalue weighted by molar-refractivity contribution is 5.78. The van der Waals surface area contributed by atoms with Crippen molar-refractivity contribution in [3.63, 3.8) is 0 Å². The number of rotatable bonds is 5. The monoisotopic (exact) mass is 252 g/mol. The molecule has 1 amide bonds. The highest BCUT2D eigenvalue weighted by Crippen LogP contribution is 2.23. The van der Waals surface area contributed by atoms with E-state index in [2.05, 4.69) is 24.1 Å². The second-order valence-electron chi connectivity index (χ2n) is 5.96. The molecule has 3 heteroatoms. The van der Waals surface area contributed by atoms with Crippen LogP contribution >= 0.6 is 0 Å². The number of nitrogens with one attached hydrogen (secondary N) is 1. The number of amides is 1. The molecule has 2 heterocycles. The van der Waals surface area contributed by atoms with Crippen LogP contribution in [0.5, 0.6) is 0 Å². The summed E-state index contributed by atoms with van der Waals surface area (Å²) in [7, 11) is 0. The number of likely N-dealkylation sites (tertiary alicyclic amines) is 1. The van der Waals surface area contributed by atoms with Gasteiger partial charge < -0.3 is 10.2 Å². The summed E-state index contributed by atoms with van der Waals surface area (Å²) in [6, 6.07) is 1.23. The van der Waals surface area contributed by atoms with Crippen molar-refractivity contribution in [2.75, 3.05) is 13.1 Å². The lowest BCUT2D eigenvalue weighted by molar-refractivity contribution is -0.136. The van der Waals surface area contributed by atoms with E-state index in [9.17, 15) is 4.79 Å². The van der Waals surface area contributed by atoms with Gasteiger partial charge in [-0.05, 0) is 32.1 Å². The van der Waals surface area contributed by atoms with Crippen LogP contribution in [-0.4, -0.2) is 36.0 Å². The predicted molar refractivity (Wildman–Crippen MR) is 74.4 cm³/mol. The van der Waals surface area contributed by atoms with Gasteiger partial charge in [0, 0.05) is 31.1 Å². The van der Waals surface area contributed by atoms with Gasteiger partial charge in [0.2, 0.25) is 5.91 Å². The Labute approximate surface area is 111 Å². The molecule has 0 aliphatic carbocycles. The molecule has 3 nitrogen and oxygen atoms in total. The largest absolute Gasteiger partial charge is 0.341 e. The van der Waals surface area contributed by atoms with Gasteiger partial charge in [-0.2, -0.15) is 0 Å². The van der Waals surface area contributed by atoms with Crippen LogP contribution in [0.4, 0.5) is 0 Å². The number of nitrogens with zero attached hydrogens (tertiary/aromatic N) is 1. The summed E-state index contributed by atoms with van der Waals surface area (Å²) in [6.45, 7) is 6.26. The van der Waals surface area contributed by atoms with Crippen molar-refractivity contribution in [1.82, 2.24) is 10.2 Å². The molecular weight excluding hydrogens is 224 g/mol. The molecule has 2 rings (SSSR count). The SMILES string of the molecule is CCCCC(CC)C(=O)N1CCC2CCC(C1)N2. The lowest BCUT2D eigenvalue weighted by Crippen LogP contribution is -2.42. The third kappa shape index (κ3) is 3.25. The highest BCUT2D eigenvalue weighted by Gasteiger charge is 2.32. The summed E-state index contributed by atoms with van der Waals surface area (Å²) in [5.74, 6) is 0.682. The third-order valence-electron chi connectivity index (χ3n) is 4.58. The van der Waals surface area contributed by atoms with Crippen molar-refractivity contribution in [2.45, 2.75) is 70.9 Å². The normalized spacial score (nSPS) is 29.1. The van der Waals surface area contributed by atoms with E-state index in [1.165, 1.54) is 25.7 Å². The van der Waals surface area contributed by atoms with Gasteiger partial charge in [-0.25, -0.2) is 0 Å². The van der Waals surface area contributed by atoms with E-state index in [4.69, 9.17) is 0 Å². The molecule has 2 bridgehead atoms. The van der Waals surface area contributed by atoms with E-state index in [1.807, 2.05) is 0 Å². The van der Waals surface area contributed by atoms with Gasteiger partial charge in [-0.3, -0.25) is 4.79 Å². The first-order valence-corrected chi connectivity index (χ1v) is 7.79. The fraction of sp³-hybridized carbons (Fsp3) is 0.933. The fourth-order valence-corrected chi connectivity index (χ4v) is 3.35. The number of carbonyl (C=O) groups excluding carboxylic acids is 1. The van der Waals surface area contributed by atoms with Gasteiger partial charge in [0.25, 0.3) is 0 Å². The molecule has 0 aromatic rings. The minimum Gasteiger partial charge on any atom is -0.341 e. The Morgan fingerprint density at radius 2 is 2.06 bits per heavy atom. The molecule has 2 aliphatic rings. The molecule has 104 valence electrons. The Bertz CT molecular complexity index is 280. The summed E-state index contributed by atoms with van der Waals surface area (Å²) in [5.41, 5.74) is 0. The van der Waals surface area contributed by atoms with Crippen LogP contribution in [0.1, 0.15) is 58.8 Å². The Morgan fingerprint density at radius 1 is 1.28 bits per heavy atom. The van der Waals surface area contributed by atoms with Crippen LogP contribution in [-0.2, 0) is 4.79 Å². The van der Waals surface area contributed by atoms with E-state index in [-0.39, 0.29) is 5.92 Å². The molecule has 2 fully saturated rings. The Kier molecular flexibility index (Phi) is 5.04. The zero-order chi connectivity index (χ0) is 13.0. The summed E-state index contributed by atoms with van der Waals surface area (Å²) < 4.78 is 0. The summed E-state index contributed by atoms with van der Waals surface area (Å²) >= 11 is 0. The minimum atomic E-state index is 0.265. The smallest absolute Gasteiger partial charge is 0.225 e. The molecule has 18 heavy (non-hydrogen) atoms. The second kappa shape index (κ2) is 6.55. The Balaban J connectivity index is 1.90. The predicted octanol–water partition coefficient (Wildman–Crippen LogP) is 2.56. The molecule has 0 aromatic heterocycles. The maximum Gasteiger partial charge on any atom is 0.225 e. The zero-order valence-corrected chi connectivity index (χ0v) is 12.0. The number of carbonyl (C=O) groups is 1. The molecule has 0 saturated carbocycles. The van der Waals surface area contributed by atoms with Crippen LogP contribution in [0.15, 0.2) is 0 Å². The lowest BCUT2D eigenvalue weighted by Gasteiger charge is -2.28. The summed E-state index contributed by atoms with van der Waals surface area (Å²) in [4.78, 5) is 14.7. The van der Waals surface area contributed by atoms with Crippen molar-refractivity contribution in [2.24, 2.45) is 5.92 Å². The zero-order valence-electron chi connectivity index (χ0n) is 12.0. The van der Waals surface area contributed by atoms with Gasteiger partial charge in [0.15, 0.2) is 0 Å². The molecule has 0 spiro atoms. The van der Waals surface area contributed by atoms with E-state index in [0.717, 1.165) is 32.4 Å². The maximum atomic E-state index is 12.6. The van der Waals surface area contributed by atoms with Crippen molar-refractivity contribution in [3.8, 4) is 0 Å². The van der Waals surface area contributed by atoms with E-state index in [0.29, 0.717) is 18.0 Å². The van der Waals surface area contributed by atoms with Crippen LogP contribution in [0.25, 0.3) is 0 Å². The number of hydrogen-bond donors (Lipinski definition) is 1. The second-order valence-corrected chi connectivity index (χ2v) is 5.96. The maximum absolute atomic E-state index is 12.6. The van der Waals surface area contributed by atoms with Crippen LogP contribution < -0.4 is 5.32 Å². The topological polar surface area (TPSA) is 32.3 Å². The quantitative estimate of drug-likeness (QED) is 0.815.